The fourth-order valence-corrected chi connectivity index (χ4v) is 3.87. The second-order valence-electron chi connectivity index (χ2n) is 5.91. The van der Waals surface area contributed by atoms with Crippen LogP contribution in [0.2, 0.25) is 0 Å². The predicted molar refractivity (Wildman–Crippen MR) is 102 cm³/mol. The van der Waals surface area contributed by atoms with Gasteiger partial charge in [-0.05, 0) is 31.4 Å². The Morgan fingerprint density at radius 1 is 1.25 bits per heavy atom. The van der Waals surface area contributed by atoms with Crippen LogP contribution in [-0.2, 0) is 15.4 Å². The normalized spacial score (nSPS) is 16.7. The highest BCUT2D eigenvalue weighted by Gasteiger charge is 2.45. The van der Waals surface area contributed by atoms with E-state index < -0.39 is 10.0 Å². The highest BCUT2D eigenvalue weighted by Crippen LogP contribution is 2.49. The third-order valence-electron chi connectivity index (χ3n) is 4.24. The van der Waals surface area contributed by atoms with Crippen LogP contribution in [0.4, 0.5) is 0 Å². The van der Waals surface area contributed by atoms with Crippen molar-refractivity contribution in [2.45, 2.75) is 25.2 Å². The molecule has 6 nitrogen and oxygen atoms in total. The summed E-state index contributed by atoms with van der Waals surface area (Å²) < 4.78 is 26.4. The molecule has 1 aromatic rings. The molecule has 1 fully saturated rings. The molecule has 0 amide bonds. The lowest BCUT2D eigenvalue weighted by molar-refractivity contribution is 0.581. The molecule has 2 rings (SSSR count). The minimum absolute atomic E-state index is 0.0917. The van der Waals surface area contributed by atoms with Gasteiger partial charge in [-0.1, -0.05) is 34.1 Å². The molecule has 0 bridgehead atoms. The molecule has 0 unspecified atom stereocenters. The van der Waals surface area contributed by atoms with Crippen molar-refractivity contribution in [2.75, 3.05) is 32.4 Å². The zero-order chi connectivity index (χ0) is 17.6. The van der Waals surface area contributed by atoms with Crippen molar-refractivity contribution >= 4 is 31.9 Å². The Kier molecular flexibility index (Phi) is 6.65. The fourth-order valence-electron chi connectivity index (χ4n) is 2.55. The average molecular weight is 417 g/mol. The predicted octanol–water partition coefficient (Wildman–Crippen LogP) is 1.59. The largest absolute Gasteiger partial charge is 0.356 e. The number of rotatable bonds is 8. The third-order valence-corrected chi connectivity index (χ3v) is 6.33. The lowest BCUT2D eigenvalue weighted by Gasteiger charge is -2.20. The molecule has 1 aromatic carbocycles. The second kappa shape index (κ2) is 8.31. The summed E-state index contributed by atoms with van der Waals surface area (Å²) in [6.45, 7) is 3.25. The fraction of sp³-hybridized carbons (Fsp3) is 0.562. The first-order valence-electron chi connectivity index (χ1n) is 8.09. The number of benzene rings is 1. The molecule has 0 aliphatic heterocycles. The van der Waals surface area contributed by atoms with Crippen LogP contribution in [-0.4, -0.2) is 46.8 Å². The Labute approximate surface area is 152 Å². The monoisotopic (exact) mass is 416 g/mol. The van der Waals surface area contributed by atoms with E-state index in [2.05, 4.69) is 54.5 Å². The molecule has 8 heteroatoms. The van der Waals surface area contributed by atoms with E-state index in [1.807, 2.05) is 6.07 Å². The molecule has 24 heavy (non-hydrogen) atoms. The molecule has 134 valence electrons. The first-order chi connectivity index (χ1) is 11.4. The standard InChI is InChI=1S/C16H25BrN4O2S/c1-3-24(22,23)21-11-10-19-15(18-2)20-12-16(8-9-16)13-6-4-5-7-14(13)17/h4-7,21H,3,8-12H2,1-2H3,(H2,18,19,20). The maximum atomic E-state index is 11.4. The number of hydrogen-bond donors (Lipinski definition) is 3. The topological polar surface area (TPSA) is 82.6 Å². The number of halogens is 1. The van der Waals surface area contributed by atoms with Crippen LogP contribution in [0.5, 0.6) is 0 Å². The van der Waals surface area contributed by atoms with E-state index in [-0.39, 0.29) is 11.2 Å². The van der Waals surface area contributed by atoms with Crippen molar-refractivity contribution in [3.63, 3.8) is 0 Å². The van der Waals surface area contributed by atoms with E-state index in [9.17, 15) is 8.42 Å². The first kappa shape index (κ1) is 19.2. The number of aliphatic imine (C=N–C) groups is 1. The Bertz CT molecular complexity index is 687. The summed E-state index contributed by atoms with van der Waals surface area (Å²) in [7, 11) is -1.43. The van der Waals surface area contributed by atoms with Gasteiger partial charge in [-0.2, -0.15) is 0 Å². The van der Waals surface area contributed by atoms with Crippen molar-refractivity contribution in [1.29, 1.82) is 0 Å². The molecular weight excluding hydrogens is 392 g/mol. The highest BCUT2D eigenvalue weighted by atomic mass is 79.9. The van der Waals surface area contributed by atoms with Gasteiger partial charge in [-0.3, -0.25) is 4.99 Å². The van der Waals surface area contributed by atoms with Gasteiger partial charge >= 0.3 is 0 Å². The second-order valence-corrected chi connectivity index (χ2v) is 8.86. The molecule has 0 radical (unpaired) electrons. The van der Waals surface area contributed by atoms with E-state index in [0.717, 1.165) is 23.9 Å². The van der Waals surface area contributed by atoms with Crippen LogP contribution in [0.3, 0.4) is 0 Å². The number of nitrogens with one attached hydrogen (secondary N) is 3. The van der Waals surface area contributed by atoms with Crippen molar-refractivity contribution in [1.82, 2.24) is 15.4 Å². The molecule has 1 aliphatic carbocycles. The molecule has 0 aromatic heterocycles. The van der Waals surface area contributed by atoms with Crippen molar-refractivity contribution in [3.8, 4) is 0 Å². The Hall–Kier alpha value is -1.12. The molecule has 0 saturated heterocycles. The van der Waals surface area contributed by atoms with Gasteiger partial charge in [0.2, 0.25) is 10.0 Å². The van der Waals surface area contributed by atoms with Gasteiger partial charge in [0.15, 0.2) is 5.96 Å². The van der Waals surface area contributed by atoms with Gasteiger partial charge in [0, 0.05) is 36.6 Å². The molecule has 1 saturated carbocycles. The zero-order valence-corrected chi connectivity index (χ0v) is 16.5. The maximum absolute atomic E-state index is 11.4. The van der Waals surface area contributed by atoms with E-state index in [1.165, 1.54) is 5.56 Å². The summed E-state index contributed by atoms with van der Waals surface area (Å²) in [5.41, 5.74) is 1.48. The van der Waals surface area contributed by atoms with Crippen LogP contribution in [0.1, 0.15) is 25.3 Å². The summed E-state index contributed by atoms with van der Waals surface area (Å²) >= 11 is 3.63. The molecule has 1 aliphatic rings. The van der Waals surface area contributed by atoms with Gasteiger partial charge < -0.3 is 10.6 Å². The van der Waals surface area contributed by atoms with E-state index in [4.69, 9.17) is 0 Å². The summed E-state index contributed by atoms with van der Waals surface area (Å²) in [6, 6.07) is 8.32. The van der Waals surface area contributed by atoms with Gasteiger partial charge in [0.25, 0.3) is 0 Å². The minimum atomic E-state index is -3.15. The van der Waals surface area contributed by atoms with Crippen LogP contribution in [0.15, 0.2) is 33.7 Å². The zero-order valence-electron chi connectivity index (χ0n) is 14.1. The number of nitrogens with zero attached hydrogens (tertiary/aromatic N) is 1. The molecule has 3 N–H and O–H groups in total. The first-order valence-corrected chi connectivity index (χ1v) is 10.5. The Morgan fingerprint density at radius 3 is 2.54 bits per heavy atom. The molecule has 0 atom stereocenters. The number of hydrogen-bond acceptors (Lipinski definition) is 3. The lowest BCUT2D eigenvalue weighted by atomic mass is 9.96. The minimum Gasteiger partial charge on any atom is -0.356 e. The van der Waals surface area contributed by atoms with E-state index >= 15 is 0 Å². The quantitative estimate of drug-likeness (QED) is 0.341. The van der Waals surface area contributed by atoms with Crippen LogP contribution >= 0.6 is 15.9 Å². The van der Waals surface area contributed by atoms with Crippen LogP contribution < -0.4 is 15.4 Å². The SMILES string of the molecule is CCS(=O)(=O)NCCNC(=NC)NCC1(c2ccccc2Br)CC1. The number of sulfonamides is 1. The Morgan fingerprint density at radius 2 is 1.96 bits per heavy atom. The van der Waals surface area contributed by atoms with Gasteiger partial charge in [0.05, 0.1) is 5.75 Å². The third kappa shape index (κ3) is 5.19. The van der Waals surface area contributed by atoms with Crippen molar-refractivity contribution in [3.05, 3.63) is 34.3 Å². The Balaban J connectivity index is 1.81. The summed E-state index contributed by atoms with van der Waals surface area (Å²) in [5.74, 6) is 0.776. The van der Waals surface area contributed by atoms with Crippen molar-refractivity contribution < 1.29 is 8.42 Å². The number of guanidine groups is 1. The smallest absolute Gasteiger partial charge is 0.211 e. The summed E-state index contributed by atoms with van der Waals surface area (Å²) in [5, 5.41) is 6.48. The summed E-state index contributed by atoms with van der Waals surface area (Å²) in [4.78, 5) is 4.19. The molecule has 0 heterocycles. The molecular formula is C16H25BrN4O2S. The summed E-state index contributed by atoms with van der Waals surface area (Å²) in [6.07, 6.45) is 2.30. The van der Waals surface area contributed by atoms with E-state index in [1.54, 1.807) is 14.0 Å². The van der Waals surface area contributed by atoms with Gasteiger partial charge in [-0.25, -0.2) is 13.1 Å². The highest BCUT2D eigenvalue weighted by molar-refractivity contribution is 9.10. The van der Waals surface area contributed by atoms with Gasteiger partial charge in [0.1, 0.15) is 0 Å². The lowest BCUT2D eigenvalue weighted by Crippen LogP contribution is -2.44. The van der Waals surface area contributed by atoms with Crippen LogP contribution in [0, 0.1) is 0 Å². The molecule has 0 spiro atoms. The van der Waals surface area contributed by atoms with Crippen LogP contribution in [0.25, 0.3) is 0 Å². The average Bonchev–Trinajstić information content (AvgIpc) is 3.35. The maximum Gasteiger partial charge on any atom is 0.211 e. The van der Waals surface area contributed by atoms with Gasteiger partial charge in [-0.15, -0.1) is 0 Å². The van der Waals surface area contributed by atoms with Crippen molar-refractivity contribution in [2.24, 2.45) is 4.99 Å². The van der Waals surface area contributed by atoms with E-state index in [0.29, 0.717) is 19.0 Å².